The highest BCUT2D eigenvalue weighted by Crippen LogP contribution is 2.33. The smallest absolute Gasteiger partial charge is 0.433 e. The molecule has 30 heavy (non-hydrogen) atoms. The van der Waals surface area contributed by atoms with Crippen molar-refractivity contribution in [1.82, 2.24) is 14.8 Å². The van der Waals surface area contributed by atoms with Gasteiger partial charge in [-0.3, -0.25) is 14.9 Å². The summed E-state index contributed by atoms with van der Waals surface area (Å²) in [6.45, 7) is -0.889. The number of carbonyl (C=O) groups is 2. The summed E-state index contributed by atoms with van der Waals surface area (Å²) in [5.41, 5.74) is -1.20. The first-order valence-electron chi connectivity index (χ1n) is 7.92. The quantitative estimate of drug-likeness (QED) is 0.361. The zero-order valence-electron chi connectivity index (χ0n) is 14.6. The van der Waals surface area contributed by atoms with Crippen molar-refractivity contribution in [1.29, 1.82) is 0 Å². The maximum Gasteiger partial charge on any atom is 0.433 e. The van der Waals surface area contributed by atoms with Crippen LogP contribution in [0.25, 0.3) is 5.69 Å². The molecule has 0 saturated carbocycles. The zero-order chi connectivity index (χ0) is 21.9. The molecule has 2 heterocycles. The van der Waals surface area contributed by atoms with E-state index in [1.165, 1.54) is 6.33 Å². The monoisotopic (exact) mass is 425 g/mol. The molecule has 0 aliphatic heterocycles. The molecule has 14 heteroatoms. The summed E-state index contributed by atoms with van der Waals surface area (Å²) in [7, 11) is 0. The molecule has 0 spiro atoms. The molecule has 0 aliphatic carbocycles. The van der Waals surface area contributed by atoms with Gasteiger partial charge in [-0.15, -0.1) is 0 Å². The molecule has 1 aromatic carbocycles. The van der Waals surface area contributed by atoms with Crippen molar-refractivity contribution in [3.63, 3.8) is 0 Å². The van der Waals surface area contributed by atoms with Crippen molar-refractivity contribution in [2.45, 2.75) is 6.18 Å². The Balaban J connectivity index is 1.73. The number of hydrogen-bond acceptors (Lipinski definition) is 8. The number of amides is 1. The van der Waals surface area contributed by atoms with Crippen LogP contribution in [0.3, 0.4) is 0 Å². The highest BCUT2D eigenvalue weighted by atomic mass is 19.4. The normalized spacial score (nSPS) is 11.2. The van der Waals surface area contributed by atoms with Crippen LogP contribution in [0.1, 0.15) is 16.1 Å². The predicted octanol–water partition coefficient (Wildman–Crippen LogP) is 2.58. The summed E-state index contributed by atoms with van der Waals surface area (Å²) in [6, 6.07) is 4.47. The molecule has 3 rings (SSSR count). The van der Waals surface area contributed by atoms with E-state index in [9.17, 15) is 32.9 Å². The van der Waals surface area contributed by atoms with Crippen LogP contribution in [0.5, 0.6) is 0 Å². The van der Waals surface area contributed by atoms with Gasteiger partial charge in [0.1, 0.15) is 17.6 Å². The van der Waals surface area contributed by atoms with E-state index in [4.69, 9.17) is 0 Å². The van der Waals surface area contributed by atoms with Crippen LogP contribution >= 0.6 is 0 Å². The molecule has 1 N–H and O–H groups in total. The lowest BCUT2D eigenvalue weighted by atomic mass is 10.1. The van der Waals surface area contributed by atoms with Gasteiger partial charge < -0.3 is 14.5 Å². The third-order valence-electron chi connectivity index (χ3n) is 3.57. The van der Waals surface area contributed by atoms with Crippen molar-refractivity contribution in [3.05, 3.63) is 64.4 Å². The first-order chi connectivity index (χ1) is 14.1. The fourth-order valence-corrected chi connectivity index (χ4v) is 2.27. The number of hydrogen-bond donors (Lipinski definition) is 1. The lowest BCUT2D eigenvalue weighted by molar-refractivity contribution is -0.402. The van der Waals surface area contributed by atoms with Crippen molar-refractivity contribution in [2.75, 3.05) is 11.9 Å². The van der Waals surface area contributed by atoms with E-state index in [0.717, 1.165) is 35.3 Å². The molecule has 11 nitrogen and oxygen atoms in total. The molecule has 0 bridgehead atoms. The van der Waals surface area contributed by atoms with E-state index in [2.05, 4.69) is 24.6 Å². The molecule has 1 amide bonds. The van der Waals surface area contributed by atoms with E-state index >= 15 is 0 Å². The SMILES string of the molecule is O=C(COC(=O)c1ccc([N+](=O)[O-])o1)Nc1cc(C(F)(F)F)ccc1-n1cncn1. The van der Waals surface area contributed by atoms with Crippen LogP contribution in [0.15, 0.2) is 47.4 Å². The third-order valence-corrected chi connectivity index (χ3v) is 3.57. The van der Waals surface area contributed by atoms with Crippen LogP contribution < -0.4 is 5.32 Å². The van der Waals surface area contributed by atoms with Gasteiger partial charge in [0.15, 0.2) is 6.61 Å². The minimum absolute atomic E-state index is 0.0850. The number of anilines is 1. The van der Waals surface area contributed by atoms with Gasteiger partial charge in [0.05, 0.1) is 23.0 Å². The maximum atomic E-state index is 13.0. The Bertz CT molecular complexity index is 1090. The van der Waals surface area contributed by atoms with Gasteiger partial charge in [0, 0.05) is 0 Å². The Kier molecular flexibility index (Phi) is 5.48. The molecule has 0 unspecified atom stereocenters. The average Bonchev–Trinajstić information content (AvgIpc) is 3.37. The van der Waals surface area contributed by atoms with E-state index < -0.39 is 46.8 Å². The summed E-state index contributed by atoms with van der Waals surface area (Å²) in [4.78, 5) is 37.2. The Labute approximate surface area is 164 Å². The van der Waals surface area contributed by atoms with Crippen molar-refractivity contribution in [3.8, 4) is 5.69 Å². The number of furan rings is 1. The van der Waals surface area contributed by atoms with E-state index in [1.54, 1.807) is 0 Å². The van der Waals surface area contributed by atoms with E-state index in [0.29, 0.717) is 6.07 Å². The summed E-state index contributed by atoms with van der Waals surface area (Å²) < 4.78 is 49.4. The van der Waals surface area contributed by atoms with Crippen molar-refractivity contribution in [2.24, 2.45) is 0 Å². The summed E-state index contributed by atoms with van der Waals surface area (Å²) in [5, 5.41) is 16.5. The largest absolute Gasteiger partial charge is 0.450 e. The van der Waals surface area contributed by atoms with Crippen LogP contribution in [0.4, 0.5) is 24.7 Å². The molecule has 0 fully saturated rings. The van der Waals surface area contributed by atoms with Gasteiger partial charge in [0.2, 0.25) is 5.76 Å². The number of esters is 1. The Morgan fingerprint density at radius 2 is 2.03 bits per heavy atom. The molecular formula is C16H10F3N5O6. The van der Waals surface area contributed by atoms with Gasteiger partial charge in [-0.05, 0) is 24.3 Å². The van der Waals surface area contributed by atoms with Crippen LogP contribution in [-0.4, -0.2) is 38.2 Å². The lowest BCUT2D eigenvalue weighted by Gasteiger charge is -2.14. The molecule has 3 aromatic rings. The maximum absolute atomic E-state index is 13.0. The average molecular weight is 425 g/mol. The second kappa shape index (κ2) is 8.02. The van der Waals surface area contributed by atoms with Crippen LogP contribution in [-0.2, 0) is 15.7 Å². The number of alkyl halides is 3. The van der Waals surface area contributed by atoms with Crippen molar-refractivity contribution < 1.29 is 36.8 Å². The molecule has 0 atom stereocenters. The minimum atomic E-state index is -4.67. The number of aromatic nitrogens is 3. The number of benzene rings is 1. The summed E-state index contributed by atoms with van der Waals surface area (Å²) in [5.74, 6) is -3.35. The molecule has 0 saturated heterocycles. The Hall–Kier alpha value is -4.23. The topological polar surface area (TPSA) is 142 Å². The van der Waals surface area contributed by atoms with Gasteiger partial charge in [-0.25, -0.2) is 14.5 Å². The second-order valence-electron chi connectivity index (χ2n) is 5.59. The summed E-state index contributed by atoms with van der Waals surface area (Å²) in [6.07, 6.45) is -2.31. The summed E-state index contributed by atoms with van der Waals surface area (Å²) >= 11 is 0. The third kappa shape index (κ3) is 4.60. The highest BCUT2D eigenvalue weighted by Gasteiger charge is 2.31. The number of carbonyl (C=O) groups excluding carboxylic acids is 2. The number of ether oxygens (including phenoxy) is 1. The Morgan fingerprint density at radius 3 is 2.63 bits per heavy atom. The van der Waals surface area contributed by atoms with Gasteiger partial charge in [0.25, 0.3) is 5.91 Å². The molecular weight excluding hydrogens is 415 g/mol. The minimum Gasteiger partial charge on any atom is -0.450 e. The standard InChI is InChI=1S/C16H10F3N5O6/c17-16(18,19)9-1-2-11(23-8-20-7-21-23)10(5-9)22-13(25)6-29-15(26)12-3-4-14(30-12)24(27)28/h1-5,7-8H,6H2,(H,22,25). The van der Waals surface area contributed by atoms with E-state index in [-0.39, 0.29) is 11.4 Å². The van der Waals surface area contributed by atoms with Gasteiger partial charge in [-0.1, -0.05) is 0 Å². The molecule has 2 aromatic heterocycles. The fourth-order valence-electron chi connectivity index (χ4n) is 2.27. The van der Waals surface area contributed by atoms with Gasteiger partial charge >= 0.3 is 18.0 Å². The number of halogens is 3. The first-order valence-corrected chi connectivity index (χ1v) is 7.92. The molecule has 0 aliphatic rings. The van der Waals surface area contributed by atoms with Crippen LogP contribution in [0, 0.1) is 10.1 Å². The number of rotatable bonds is 6. The first kappa shape index (κ1) is 20.5. The van der Waals surface area contributed by atoms with Gasteiger partial charge in [-0.2, -0.15) is 18.3 Å². The number of nitro groups is 1. The van der Waals surface area contributed by atoms with Crippen molar-refractivity contribution >= 4 is 23.4 Å². The second-order valence-corrected chi connectivity index (χ2v) is 5.59. The van der Waals surface area contributed by atoms with E-state index in [1.807, 2.05) is 0 Å². The number of nitrogens with one attached hydrogen (secondary N) is 1. The zero-order valence-corrected chi connectivity index (χ0v) is 14.6. The number of nitrogens with zero attached hydrogens (tertiary/aromatic N) is 4. The fraction of sp³-hybridized carbons (Fsp3) is 0.125. The lowest BCUT2D eigenvalue weighted by Crippen LogP contribution is -2.22. The van der Waals surface area contributed by atoms with Crippen LogP contribution in [0.2, 0.25) is 0 Å². The highest BCUT2D eigenvalue weighted by molar-refractivity contribution is 5.96. The predicted molar refractivity (Wildman–Crippen MR) is 90.6 cm³/mol. The molecule has 0 radical (unpaired) electrons. The molecule has 156 valence electrons. The Morgan fingerprint density at radius 1 is 1.27 bits per heavy atom.